The van der Waals surface area contributed by atoms with Crippen molar-refractivity contribution < 1.29 is 9.53 Å². The Hall–Kier alpha value is -2.48. The van der Waals surface area contributed by atoms with Gasteiger partial charge < -0.3 is 10.1 Å². The van der Waals surface area contributed by atoms with Crippen LogP contribution in [0, 0.1) is 5.92 Å². The number of carbonyl (C=O) groups is 1. The average molecular weight is 484 g/mol. The van der Waals surface area contributed by atoms with E-state index in [-0.39, 0.29) is 5.91 Å². The number of ether oxygens (including phenoxy) is 1. The van der Waals surface area contributed by atoms with Gasteiger partial charge in [0.05, 0.1) is 11.9 Å². The average Bonchev–Trinajstić information content (AvgIpc) is 2.87. The minimum Gasteiger partial charge on any atom is -0.381 e. The summed E-state index contributed by atoms with van der Waals surface area (Å²) >= 11 is 6.32. The molecule has 2 aliphatic rings. The molecule has 2 N–H and O–H groups in total. The highest BCUT2D eigenvalue weighted by Crippen LogP contribution is 2.24. The molecule has 3 heterocycles. The van der Waals surface area contributed by atoms with Crippen LogP contribution in [0.25, 0.3) is 0 Å². The number of hydrogen-bond acceptors (Lipinski definition) is 6. The Balaban J connectivity index is 1.26. The van der Waals surface area contributed by atoms with Gasteiger partial charge in [0.25, 0.3) is 5.91 Å². The van der Waals surface area contributed by atoms with E-state index in [1.165, 1.54) is 5.56 Å². The molecule has 2 saturated heterocycles. The first-order valence-electron chi connectivity index (χ1n) is 12.2. The molecule has 0 unspecified atom stereocenters. The van der Waals surface area contributed by atoms with Crippen LogP contribution in [-0.2, 0) is 11.3 Å². The number of rotatable bonds is 8. The molecule has 7 nitrogen and oxygen atoms in total. The number of hydrazone groups is 1. The van der Waals surface area contributed by atoms with E-state index in [9.17, 15) is 4.79 Å². The van der Waals surface area contributed by atoms with Gasteiger partial charge in [0.2, 0.25) is 0 Å². The van der Waals surface area contributed by atoms with Gasteiger partial charge in [-0.05, 0) is 69.0 Å². The SMILES string of the molecule is CC/C(=N\NC(=O)c1ccc(NC2CCOCC2)cn1)C1CCN(Cc2ccccc2Cl)CC1. The molecule has 0 atom stereocenters. The summed E-state index contributed by atoms with van der Waals surface area (Å²) in [6, 6.07) is 12.1. The molecule has 8 heteroatoms. The van der Waals surface area contributed by atoms with Gasteiger partial charge in [0.15, 0.2) is 0 Å². The van der Waals surface area contributed by atoms with E-state index in [0.29, 0.717) is 17.7 Å². The van der Waals surface area contributed by atoms with E-state index >= 15 is 0 Å². The zero-order valence-corrected chi connectivity index (χ0v) is 20.6. The van der Waals surface area contributed by atoms with E-state index in [0.717, 1.165) is 81.4 Å². The van der Waals surface area contributed by atoms with Crippen molar-refractivity contribution in [1.29, 1.82) is 0 Å². The van der Waals surface area contributed by atoms with Crippen LogP contribution < -0.4 is 10.7 Å². The Bertz CT molecular complexity index is 967. The fraction of sp³-hybridized carbons (Fsp3) is 0.500. The summed E-state index contributed by atoms with van der Waals surface area (Å²) in [5.41, 5.74) is 6.23. The molecule has 182 valence electrons. The Kier molecular flexibility index (Phi) is 8.91. The van der Waals surface area contributed by atoms with Crippen molar-refractivity contribution in [3.63, 3.8) is 0 Å². The van der Waals surface area contributed by atoms with Crippen molar-refractivity contribution in [2.75, 3.05) is 31.6 Å². The number of nitrogens with one attached hydrogen (secondary N) is 2. The van der Waals surface area contributed by atoms with Crippen LogP contribution in [0.3, 0.4) is 0 Å². The molecular weight excluding hydrogens is 450 g/mol. The molecule has 2 aromatic rings. The van der Waals surface area contributed by atoms with E-state index < -0.39 is 0 Å². The highest BCUT2D eigenvalue weighted by atomic mass is 35.5. The van der Waals surface area contributed by atoms with Gasteiger partial charge >= 0.3 is 0 Å². The predicted molar refractivity (Wildman–Crippen MR) is 136 cm³/mol. The first-order chi connectivity index (χ1) is 16.6. The van der Waals surface area contributed by atoms with Crippen molar-refractivity contribution in [2.45, 2.75) is 51.6 Å². The van der Waals surface area contributed by atoms with Gasteiger partial charge in [-0.2, -0.15) is 5.10 Å². The van der Waals surface area contributed by atoms with Crippen LogP contribution in [-0.4, -0.2) is 53.8 Å². The lowest BCUT2D eigenvalue weighted by molar-refractivity contribution is 0.0904. The Morgan fingerprint density at radius 3 is 2.59 bits per heavy atom. The number of pyridine rings is 1. The van der Waals surface area contributed by atoms with Gasteiger partial charge in [-0.25, -0.2) is 10.4 Å². The van der Waals surface area contributed by atoms with Crippen LogP contribution in [0.1, 0.15) is 55.1 Å². The summed E-state index contributed by atoms with van der Waals surface area (Å²) in [4.78, 5) is 19.4. The number of aromatic nitrogens is 1. The van der Waals surface area contributed by atoms with Gasteiger partial charge in [-0.15, -0.1) is 0 Å². The number of halogens is 1. The molecule has 1 aromatic heterocycles. The fourth-order valence-electron chi connectivity index (χ4n) is 4.62. The van der Waals surface area contributed by atoms with Crippen LogP contribution in [0.4, 0.5) is 5.69 Å². The Morgan fingerprint density at radius 2 is 1.91 bits per heavy atom. The molecule has 4 rings (SSSR count). The summed E-state index contributed by atoms with van der Waals surface area (Å²) in [6.45, 7) is 6.51. The molecule has 2 aliphatic heterocycles. The van der Waals surface area contributed by atoms with Crippen LogP contribution in [0.2, 0.25) is 5.02 Å². The summed E-state index contributed by atoms with van der Waals surface area (Å²) in [7, 11) is 0. The number of anilines is 1. The van der Waals surface area contributed by atoms with Crippen molar-refractivity contribution in [1.82, 2.24) is 15.3 Å². The lowest BCUT2D eigenvalue weighted by Gasteiger charge is -2.32. The van der Waals surface area contributed by atoms with E-state index in [2.05, 4.69) is 38.7 Å². The molecule has 0 saturated carbocycles. The zero-order valence-electron chi connectivity index (χ0n) is 19.8. The highest BCUT2D eigenvalue weighted by Gasteiger charge is 2.23. The van der Waals surface area contributed by atoms with Crippen molar-refractivity contribution in [2.24, 2.45) is 11.0 Å². The Labute approximate surface area is 206 Å². The lowest BCUT2D eigenvalue weighted by Crippen LogP contribution is -2.36. The third kappa shape index (κ3) is 6.78. The van der Waals surface area contributed by atoms with Gasteiger partial charge in [0, 0.05) is 42.5 Å². The number of carbonyl (C=O) groups excluding carboxylic acids is 1. The number of amides is 1. The quantitative estimate of drug-likeness (QED) is 0.419. The van der Waals surface area contributed by atoms with Crippen LogP contribution in [0.15, 0.2) is 47.7 Å². The second kappa shape index (κ2) is 12.3. The van der Waals surface area contributed by atoms with Crippen molar-refractivity contribution in [3.05, 3.63) is 58.9 Å². The lowest BCUT2D eigenvalue weighted by atomic mass is 9.90. The van der Waals surface area contributed by atoms with Crippen LogP contribution in [0.5, 0.6) is 0 Å². The third-order valence-corrected chi connectivity index (χ3v) is 7.03. The minimum absolute atomic E-state index is 0.278. The van der Waals surface area contributed by atoms with Gasteiger partial charge in [0.1, 0.15) is 5.69 Å². The maximum absolute atomic E-state index is 12.6. The van der Waals surface area contributed by atoms with E-state index in [1.54, 1.807) is 12.3 Å². The molecule has 1 aromatic carbocycles. The number of nitrogens with zero attached hydrogens (tertiary/aromatic N) is 3. The normalized spacial score (nSPS) is 18.6. The molecule has 0 aliphatic carbocycles. The second-order valence-electron chi connectivity index (χ2n) is 9.00. The minimum atomic E-state index is -0.278. The number of benzene rings is 1. The first-order valence-corrected chi connectivity index (χ1v) is 12.6. The summed E-state index contributed by atoms with van der Waals surface area (Å²) < 4.78 is 5.39. The third-order valence-electron chi connectivity index (χ3n) is 6.66. The summed E-state index contributed by atoms with van der Waals surface area (Å²) in [5.74, 6) is 0.103. The summed E-state index contributed by atoms with van der Waals surface area (Å²) in [5, 5.41) is 8.77. The van der Waals surface area contributed by atoms with Crippen molar-refractivity contribution in [3.8, 4) is 0 Å². The molecule has 0 bridgehead atoms. The number of hydrogen-bond donors (Lipinski definition) is 2. The smallest absolute Gasteiger partial charge is 0.289 e. The molecule has 34 heavy (non-hydrogen) atoms. The summed E-state index contributed by atoms with van der Waals surface area (Å²) in [6.07, 6.45) is 6.54. The van der Waals surface area contributed by atoms with E-state index in [1.807, 2.05) is 24.3 Å². The predicted octanol–water partition coefficient (Wildman–Crippen LogP) is 4.73. The topological polar surface area (TPSA) is 78.8 Å². The standard InChI is InChI=1S/C26H34ClN5O2/c1-2-24(19-9-13-32(14-10-19)18-20-5-3-4-6-23(20)27)30-31-26(33)25-8-7-22(17-28-25)29-21-11-15-34-16-12-21/h3-8,17,19,21,29H,2,9-16,18H2,1H3,(H,31,33)/b30-24+. The maximum atomic E-state index is 12.6. The Morgan fingerprint density at radius 1 is 1.15 bits per heavy atom. The second-order valence-corrected chi connectivity index (χ2v) is 9.41. The largest absolute Gasteiger partial charge is 0.381 e. The maximum Gasteiger partial charge on any atom is 0.289 e. The first kappa shape index (κ1) is 24.6. The van der Waals surface area contributed by atoms with Crippen LogP contribution >= 0.6 is 11.6 Å². The molecule has 0 spiro atoms. The number of likely N-dealkylation sites (tertiary alicyclic amines) is 1. The molecule has 2 fully saturated rings. The van der Waals surface area contributed by atoms with Gasteiger partial charge in [-0.3, -0.25) is 9.69 Å². The van der Waals surface area contributed by atoms with Crippen molar-refractivity contribution >= 4 is 28.9 Å². The molecule has 1 amide bonds. The number of piperidine rings is 1. The zero-order chi connectivity index (χ0) is 23.8. The fourth-order valence-corrected chi connectivity index (χ4v) is 4.82. The monoisotopic (exact) mass is 483 g/mol. The highest BCUT2D eigenvalue weighted by molar-refractivity contribution is 6.31. The molecular formula is C26H34ClN5O2. The van der Waals surface area contributed by atoms with E-state index in [4.69, 9.17) is 16.3 Å². The van der Waals surface area contributed by atoms with Gasteiger partial charge in [-0.1, -0.05) is 36.7 Å². The molecule has 0 radical (unpaired) electrons.